The lowest BCUT2D eigenvalue weighted by molar-refractivity contribution is 0.0995. The van der Waals surface area contributed by atoms with Gasteiger partial charge in [0, 0.05) is 20.2 Å². The highest BCUT2D eigenvalue weighted by Gasteiger charge is 2.09. The summed E-state index contributed by atoms with van der Waals surface area (Å²) in [6, 6.07) is 1.50. The average molecular weight is 236 g/mol. The van der Waals surface area contributed by atoms with Crippen LogP contribution in [0.3, 0.4) is 0 Å². The Morgan fingerprint density at radius 1 is 1.60 bits per heavy atom. The molecule has 0 radical (unpaired) electrons. The van der Waals surface area contributed by atoms with Gasteiger partial charge in [0.2, 0.25) is 5.88 Å². The van der Waals surface area contributed by atoms with Gasteiger partial charge in [-0.05, 0) is 0 Å². The molecule has 6 nitrogen and oxygen atoms in total. The van der Waals surface area contributed by atoms with Crippen LogP contribution in [0.25, 0.3) is 0 Å². The monoisotopic (exact) mass is 235 g/mol. The molecule has 0 unspecified atom stereocenters. The number of carbonyl (C=O) groups is 1. The number of hydrogen-bond donors (Lipinski definition) is 1. The highest BCUT2D eigenvalue weighted by Crippen LogP contribution is 2.10. The van der Waals surface area contributed by atoms with Gasteiger partial charge in [0.1, 0.15) is 6.61 Å². The van der Waals surface area contributed by atoms with Crippen LogP contribution in [0, 0.1) is 0 Å². The first-order chi connectivity index (χ1) is 6.65. The fourth-order valence-electron chi connectivity index (χ4n) is 0.935. The van der Waals surface area contributed by atoms with E-state index in [9.17, 15) is 4.79 Å². The van der Waals surface area contributed by atoms with E-state index in [1.165, 1.54) is 10.7 Å². The van der Waals surface area contributed by atoms with Crippen molar-refractivity contribution in [1.82, 2.24) is 9.78 Å². The Kier molecular flexibility index (Phi) is 5.73. The molecule has 0 saturated heterocycles. The van der Waals surface area contributed by atoms with E-state index in [0.717, 1.165) is 0 Å². The van der Waals surface area contributed by atoms with E-state index in [-0.39, 0.29) is 18.1 Å². The number of halogens is 1. The molecular formula is C8H14ClN3O3. The van der Waals surface area contributed by atoms with Gasteiger partial charge in [0.25, 0.3) is 5.91 Å². The summed E-state index contributed by atoms with van der Waals surface area (Å²) < 4.78 is 11.5. The molecule has 0 aliphatic carbocycles. The minimum atomic E-state index is -0.567. The van der Waals surface area contributed by atoms with Crippen LogP contribution < -0.4 is 10.5 Å². The molecule has 0 atom stereocenters. The minimum Gasteiger partial charge on any atom is -0.475 e. The molecular weight excluding hydrogens is 222 g/mol. The number of methoxy groups -OCH3 is 1. The summed E-state index contributed by atoms with van der Waals surface area (Å²) in [4.78, 5) is 10.8. The molecule has 2 N–H and O–H groups in total. The minimum absolute atomic E-state index is 0. The van der Waals surface area contributed by atoms with Crippen molar-refractivity contribution in [2.75, 3.05) is 20.3 Å². The quantitative estimate of drug-likeness (QED) is 0.727. The van der Waals surface area contributed by atoms with Crippen LogP contribution >= 0.6 is 12.4 Å². The van der Waals surface area contributed by atoms with Gasteiger partial charge in [-0.1, -0.05) is 0 Å². The number of nitrogens with two attached hydrogens (primary N) is 1. The largest absolute Gasteiger partial charge is 0.475 e. The van der Waals surface area contributed by atoms with Crippen molar-refractivity contribution in [3.8, 4) is 5.88 Å². The Hall–Kier alpha value is -1.27. The van der Waals surface area contributed by atoms with Crippen molar-refractivity contribution >= 4 is 18.3 Å². The normalized spacial score (nSPS) is 9.47. The standard InChI is InChI=1S/C8H13N3O3.ClH/c1-11-7(14-4-3-13-2)5-6(10-11)8(9)12;/h5H,3-4H2,1-2H3,(H2,9,12);1H. The number of aryl methyl sites for hydroxylation is 1. The number of amides is 1. The Balaban J connectivity index is 0.00000196. The fourth-order valence-corrected chi connectivity index (χ4v) is 0.935. The van der Waals surface area contributed by atoms with Crippen molar-refractivity contribution < 1.29 is 14.3 Å². The molecule has 1 heterocycles. The molecule has 1 amide bonds. The van der Waals surface area contributed by atoms with Crippen LogP contribution in [0.4, 0.5) is 0 Å². The molecule has 0 saturated carbocycles. The molecule has 86 valence electrons. The topological polar surface area (TPSA) is 79.4 Å². The highest BCUT2D eigenvalue weighted by atomic mass is 35.5. The van der Waals surface area contributed by atoms with Crippen LogP contribution in [0.1, 0.15) is 10.5 Å². The smallest absolute Gasteiger partial charge is 0.269 e. The van der Waals surface area contributed by atoms with Gasteiger partial charge in [0.15, 0.2) is 5.69 Å². The average Bonchev–Trinajstić information content (AvgIpc) is 2.49. The lowest BCUT2D eigenvalue weighted by atomic mass is 10.4. The van der Waals surface area contributed by atoms with Gasteiger partial charge in [-0.3, -0.25) is 4.79 Å². The molecule has 1 rings (SSSR count). The van der Waals surface area contributed by atoms with E-state index in [0.29, 0.717) is 19.1 Å². The van der Waals surface area contributed by atoms with Crippen LogP contribution in [0.5, 0.6) is 5.88 Å². The Morgan fingerprint density at radius 2 is 2.27 bits per heavy atom. The summed E-state index contributed by atoms with van der Waals surface area (Å²) in [5, 5.41) is 3.87. The summed E-state index contributed by atoms with van der Waals surface area (Å²) in [6.07, 6.45) is 0. The lowest BCUT2D eigenvalue weighted by Crippen LogP contribution is -2.11. The van der Waals surface area contributed by atoms with Gasteiger partial charge in [-0.15, -0.1) is 12.4 Å². The second-order valence-electron chi connectivity index (χ2n) is 2.70. The van der Waals surface area contributed by atoms with Crippen LogP contribution in [-0.4, -0.2) is 36.0 Å². The van der Waals surface area contributed by atoms with E-state index >= 15 is 0 Å². The first kappa shape index (κ1) is 13.7. The molecule has 0 aliphatic heterocycles. The summed E-state index contributed by atoms with van der Waals surface area (Å²) in [5.41, 5.74) is 5.25. The van der Waals surface area contributed by atoms with Gasteiger partial charge in [-0.25, -0.2) is 4.68 Å². The summed E-state index contributed by atoms with van der Waals surface area (Å²) >= 11 is 0. The van der Waals surface area contributed by atoms with E-state index in [4.69, 9.17) is 15.2 Å². The molecule has 1 aromatic heterocycles. The SMILES string of the molecule is COCCOc1cc(C(N)=O)nn1C.Cl. The molecule has 7 heteroatoms. The molecule has 0 spiro atoms. The van der Waals surface area contributed by atoms with Crippen LogP contribution in [0.15, 0.2) is 6.07 Å². The zero-order valence-electron chi connectivity index (χ0n) is 8.60. The number of carbonyl (C=O) groups excluding carboxylic acids is 1. The third kappa shape index (κ3) is 3.77. The van der Waals surface area contributed by atoms with E-state index in [1.54, 1.807) is 14.2 Å². The van der Waals surface area contributed by atoms with Crippen molar-refractivity contribution in [2.24, 2.45) is 12.8 Å². The number of ether oxygens (including phenoxy) is 2. The third-order valence-electron chi connectivity index (χ3n) is 1.63. The van der Waals surface area contributed by atoms with E-state index < -0.39 is 5.91 Å². The molecule has 0 bridgehead atoms. The van der Waals surface area contributed by atoms with E-state index in [2.05, 4.69) is 5.10 Å². The first-order valence-corrected chi connectivity index (χ1v) is 4.10. The molecule has 0 aliphatic rings. The summed E-state index contributed by atoms with van der Waals surface area (Å²) in [5.74, 6) is -0.0713. The second kappa shape index (κ2) is 6.26. The number of primary amides is 1. The number of hydrogen-bond acceptors (Lipinski definition) is 4. The third-order valence-corrected chi connectivity index (χ3v) is 1.63. The molecule has 0 aromatic carbocycles. The Morgan fingerprint density at radius 3 is 2.73 bits per heavy atom. The second-order valence-corrected chi connectivity index (χ2v) is 2.70. The maximum Gasteiger partial charge on any atom is 0.269 e. The maximum absolute atomic E-state index is 10.8. The molecule has 15 heavy (non-hydrogen) atoms. The molecule has 0 fully saturated rings. The lowest BCUT2D eigenvalue weighted by Gasteiger charge is -2.03. The van der Waals surface area contributed by atoms with E-state index in [1.807, 2.05) is 0 Å². The van der Waals surface area contributed by atoms with Crippen molar-refractivity contribution in [2.45, 2.75) is 0 Å². The Bertz CT molecular complexity index is 327. The zero-order valence-corrected chi connectivity index (χ0v) is 9.41. The van der Waals surface area contributed by atoms with Crippen LogP contribution in [0.2, 0.25) is 0 Å². The van der Waals surface area contributed by atoms with Crippen LogP contribution in [-0.2, 0) is 11.8 Å². The van der Waals surface area contributed by atoms with Gasteiger partial charge < -0.3 is 15.2 Å². The zero-order chi connectivity index (χ0) is 10.6. The Labute approximate surface area is 93.7 Å². The first-order valence-electron chi connectivity index (χ1n) is 4.10. The van der Waals surface area contributed by atoms with Gasteiger partial charge in [-0.2, -0.15) is 5.10 Å². The number of rotatable bonds is 5. The van der Waals surface area contributed by atoms with Crippen molar-refractivity contribution in [3.63, 3.8) is 0 Å². The predicted molar refractivity (Wildman–Crippen MR) is 56.3 cm³/mol. The summed E-state index contributed by atoms with van der Waals surface area (Å²) in [7, 11) is 3.26. The van der Waals surface area contributed by atoms with Crippen molar-refractivity contribution in [3.05, 3.63) is 11.8 Å². The molecule has 1 aromatic rings. The van der Waals surface area contributed by atoms with Crippen molar-refractivity contribution in [1.29, 1.82) is 0 Å². The number of nitrogens with zero attached hydrogens (tertiary/aromatic N) is 2. The summed E-state index contributed by atoms with van der Waals surface area (Å²) in [6.45, 7) is 0.894. The highest BCUT2D eigenvalue weighted by molar-refractivity contribution is 5.91. The number of aromatic nitrogens is 2. The predicted octanol–water partition coefficient (Wildman–Crippen LogP) is -0.0340. The van der Waals surface area contributed by atoms with Gasteiger partial charge in [0.05, 0.1) is 6.61 Å². The maximum atomic E-state index is 10.8. The fraction of sp³-hybridized carbons (Fsp3) is 0.500. The van der Waals surface area contributed by atoms with Gasteiger partial charge >= 0.3 is 0 Å².